The number of rotatable bonds is 6. The van der Waals surface area contributed by atoms with Crippen molar-refractivity contribution in [3.8, 4) is 0 Å². The van der Waals surface area contributed by atoms with Gasteiger partial charge in [-0.2, -0.15) is 4.39 Å². The maximum atomic E-state index is 13.9. The van der Waals surface area contributed by atoms with E-state index in [0.29, 0.717) is 12.1 Å². The summed E-state index contributed by atoms with van der Waals surface area (Å²) in [5.41, 5.74) is -2.08. The first-order valence-corrected chi connectivity index (χ1v) is 5.93. The van der Waals surface area contributed by atoms with Crippen LogP contribution in [0.1, 0.15) is 23.7 Å². The molecule has 0 unspecified atom stereocenters. The average Bonchev–Trinajstić information content (AvgIpc) is 2.38. The molecular formula is C12H12F2N2O5. The van der Waals surface area contributed by atoms with Gasteiger partial charge in [0.2, 0.25) is 5.82 Å². The summed E-state index contributed by atoms with van der Waals surface area (Å²) in [6, 6.07) is 1.24. The maximum absolute atomic E-state index is 13.9. The van der Waals surface area contributed by atoms with E-state index in [1.807, 2.05) is 0 Å². The average molecular weight is 302 g/mol. The van der Waals surface area contributed by atoms with Crippen LogP contribution in [0, 0.1) is 21.7 Å². The number of aliphatic carboxylic acids is 1. The number of carbonyl (C=O) groups is 2. The fraction of sp³-hybridized carbons (Fsp3) is 0.333. The number of carboxylic acid groups (broad SMARTS) is 1. The summed E-state index contributed by atoms with van der Waals surface area (Å²) in [5.74, 6) is -5.12. The highest BCUT2D eigenvalue weighted by Gasteiger charge is 2.28. The summed E-state index contributed by atoms with van der Waals surface area (Å²) in [5, 5.41) is 19.2. The first kappa shape index (κ1) is 16.5. The minimum atomic E-state index is -1.57. The highest BCUT2D eigenvalue weighted by atomic mass is 19.1. The first-order chi connectivity index (χ1) is 9.79. The minimum absolute atomic E-state index is 0.00762. The second-order valence-corrected chi connectivity index (χ2v) is 4.04. The van der Waals surface area contributed by atoms with Gasteiger partial charge < -0.3 is 10.0 Å². The van der Waals surface area contributed by atoms with Gasteiger partial charge in [-0.3, -0.25) is 19.7 Å². The van der Waals surface area contributed by atoms with Crippen molar-refractivity contribution in [3.63, 3.8) is 0 Å². The molecule has 0 aliphatic carbocycles. The number of hydrogen-bond donors (Lipinski definition) is 1. The summed E-state index contributed by atoms with van der Waals surface area (Å²) in [6.45, 7) is 1.24. The van der Waals surface area contributed by atoms with Gasteiger partial charge in [-0.1, -0.05) is 0 Å². The van der Waals surface area contributed by atoms with E-state index in [1.54, 1.807) is 0 Å². The third kappa shape index (κ3) is 3.71. The zero-order valence-corrected chi connectivity index (χ0v) is 11.0. The van der Waals surface area contributed by atoms with Gasteiger partial charge in [0.15, 0.2) is 0 Å². The summed E-state index contributed by atoms with van der Waals surface area (Å²) < 4.78 is 27.5. The van der Waals surface area contributed by atoms with Crippen LogP contribution >= 0.6 is 0 Å². The lowest BCUT2D eigenvalue weighted by Gasteiger charge is -2.20. The van der Waals surface area contributed by atoms with Crippen molar-refractivity contribution in [1.82, 2.24) is 4.90 Å². The Bertz CT molecular complexity index is 591. The van der Waals surface area contributed by atoms with Gasteiger partial charge in [-0.05, 0) is 13.0 Å². The van der Waals surface area contributed by atoms with Crippen LogP contribution in [0.15, 0.2) is 12.1 Å². The zero-order chi connectivity index (χ0) is 16.2. The van der Waals surface area contributed by atoms with Crippen molar-refractivity contribution in [2.24, 2.45) is 0 Å². The highest BCUT2D eigenvalue weighted by Crippen LogP contribution is 2.24. The number of hydrogen-bond acceptors (Lipinski definition) is 4. The van der Waals surface area contributed by atoms with Crippen molar-refractivity contribution in [3.05, 3.63) is 39.4 Å². The fourth-order valence-electron chi connectivity index (χ4n) is 1.67. The second-order valence-electron chi connectivity index (χ2n) is 4.04. The minimum Gasteiger partial charge on any atom is -0.481 e. The quantitative estimate of drug-likeness (QED) is 0.638. The molecule has 1 N–H and O–H groups in total. The van der Waals surface area contributed by atoms with Crippen LogP contribution in [0.3, 0.4) is 0 Å². The highest BCUT2D eigenvalue weighted by molar-refractivity contribution is 5.95. The molecule has 7 nitrogen and oxygen atoms in total. The van der Waals surface area contributed by atoms with Crippen molar-refractivity contribution in [2.45, 2.75) is 13.3 Å². The van der Waals surface area contributed by atoms with Gasteiger partial charge in [0.05, 0.1) is 11.3 Å². The molecule has 0 saturated heterocycles. The van der Waals surface area contributed by atoms with E-state index < -0.39 is 46.1 Å². The van der Waals surface area contributed by atoms with Crippen molar-refractivity contribution < 1.29 is 28.4 Å². The molecule has 21 heavy (non-hydrogen) atoms. The summed E-state index contributed by atoms with van der Waals surface area (Å²) in [4.78, 5) is 33.0. The molecule has 0 aromatic heterocycles. The van der Waals surface area contributed by atoms with E-state index in [-0.39, 0.29) is 13.1 Å². The molecule has 114 valence electrons. The summed E-state index contributed by atoms with van der Waals surface area (Å²) >= 11 is 0. The first-order valence-electron chi connectivity index (χ1n) is 5.93. The molecule has 0 aliphatic heterocycles. The Morgan fingerprint density at radius 1 is 1.38 bits per heavy atom. The normalized spacial score (nSPS) is 10.2. The van der Waals surface area contributed by atoms with Crippen LogP contribution in [0.25, 0.3) is 0 Å². The molecule has 0 fully saturated rings. The molecule has 1 rings (SSSR count). The predicted octanol–water partition coefficient (Wildman–Crippen LogP) is 1.81. The lowest BCUT2D eigenvalue weighted by molar-refractivity contribution is -0.387. The topological polar surface area (TPSA) is 101 Å². The van der Waals surface area contributed by atoms with Gasteiger partial charge in [0, 0.05) is 19.2 Å². The Morgan fingerprint density at radius 2 is 2.00 bits per heavy atom. The molecule has 1 amide bonds. The van der Waals surface area contributed by atoms with Gasteiger partial charge in [0.1, 0.15) is 11.4 Å². The van der Waals surface area contributed by atoms with Gasteiger partial charge in [0.25, 0.3) is 5.91 Å². The number of amides is 1. The molecule has 0 saturated carbocycles. The van der Waals surface area contributed by atoms with Crippen LogP contribution < -0.4 is 0 Å². The molecule has 9 heteroatoms. The van der Waals surface area contributed by atoms with E-state index >= 15 is 0 Å². The maximum Gasteiger partial charge on any atom is 0.305 e. The van der Waals surface area contributed by atoms with Crippen LogP contribution in [-0.4, -0.2) is 39.9 Å². The van der Waals surface area contributed by atoms with E-state index in [1.165, 1.54) is 6.92 Å². The number of nitro benzene ring substituents is 1. The number of benzene rings is 1. The summed E-state index contributed by atoms with van der Waals surface area (Å²) in [6.07, 6.45) is -0.405. The molecule has 0 heterocycles. The Labute approximate surface area is 117 Å². The SMILES string of the molecule is CCN(CCC(=O)O)C(=O)c1c(F)ccc([N+](=O)[O-])c1F. The largest absolute Gasteiger partial charge is 0.481 e. The van der Waals surface area contributed by atoms with Gasteiger partial charge >= 0.3 is 11.7 Å². The van der Waals surface area contributed by atoms with E-state index in [0.717, 1.165) is 4.90 Å². The molecule has 0 spiro atoms. The molecular weight excluding hydrogens is 290 g/mol. The number of nitrogens with zero attached hydrogens (tertiary/aromatic N) is 2. The predicted molar refractivity (Wildman–Crippen MR) is 66.8 cm³/mol. The standard InChI is InChI=1S/C12H12F2N2O5/c1-2-15(6-5-9(17)18)12(19)10-7(13)3-4-8(11(10)14)16(20)21/h3-4H,2,5-6H2,1H3,(H,17,18). The fourth-order valence-corrected chi connectivity index (χ4v) is 1.67. The Balaban J connectivity index is 3.18. The third-order valence-corrected chi connectivity index (χ3v) is 2.75. The third-order valence-electron chi connectivity index (χ3n) is 2.75. The number of carbonyl (C=O) groups excluding carboxylic acids is 1. The smallest absolute Gasteiger partial charge is 0.305 e. The Hall–Kier alpha value is -2.58. The molecule has 0 aliphatic rings. The van der Waals surface area contributed by atoms with Crippen LogP contribution in [0.4, 0.5) is 14.5 Å². The van der Waals surface area contributed by atoms with Gasteiger partial charge in [-0.15, -0.1) is 0 Å². The molecule has 0 bridgehead atoms. The Kier molecular flexibility index (Phi) is 5.28. The van der Waals surface area contributed by atoms with Crippen molar-refractivity contribution in [1.29, 1.82) is 0 Å². The van der Waals surface area contributed by atoms with Crippen LogP contribution in [-0.2, 0) is 4.79 Å². The number of halogens is 2. The molecule has 1 aromatic carbocycles. The van der Waals surface area contributed by atoms with Crippen LogP contribution in [0.2, 0.25) is 0 Å². The van der Waals surface area contributed by atoms with E-state index in [9.17, 15) is 28.5 Å². The lowest BCUT2D eigenvalue weighted by Crippen LogP contribution is -2.34. The van der Waals surface area contributed by atoms with Gasteiger partial charge in [-0.25, -0.2) is 4.39 Å². The van der Waals surface area contributed by atoms with Crippen molar-refractivity contribution >= 4 is 17.6 Å². The molecule has 1 aromatic rings. The molecule has 0 radical (unpaired) electrons. The van der Waals surface area contributed by atoms with E-state index in [4.69, 9.17) is 5.11 Å². The zero-order valence-electron chi connectivity index (χ0n) is 11.0. The summed E-state index contributed by atoms with van der Waals surface area (Å²) in [7, 11) is 0. The van der Waals surface area contributed by atoms with E-state index in [2.05, 4.69) is 0 Å². The molecule has 0 atom stereocenters. The Morgan fingerprint density at radius 3 is 2.48 bits per heavy atom. The number of carboxylic acids is 1. The monoisotopic (exact) mass is 302 g/mol. The number of nitro groups is 1. The van der Waals surface area contributed by atoms with Crippen molar-refractivity contribution in [2.75, 3.05) is 13.1 Å². The van der Waals surface area contributed by atoms with Crippen LogP contribution in [0.5, 0.6) is 0 Å². The lowest BCUT2D eigenvalue weighted by atomic mass is 10.1. The second kappa shape index (κ2) is 6.73.